The monoisotopic (exact) mass is 430 g/mol. The highest BCUT2D eigenvalue weighted by molar-refractivity contribution is 7.93. The number of benzene rings is 2. The second kappa shape index (κ2) is 7.03. The molecule has 0 fully saturated rings. The van der Waals surface area contributed by atoms with Gasteiger partial charge in [-0.25, -0.2) is 13.4 Å². The molecule has 0 saturated carbocycles. The average molecular weight is 431 g/mol. The van der Waals surface area contributed by atoms with Gasteiger partial charge in [-0.15, -0.1) is 0 Å². The van der Waals surface area contributed by atoms with E-state index < -0.39 is 10.0 Å². The first-order valence-electron chi connectivity index (χ1n) is 7.19. The number of hydrogen-bond acceptors (Lipinski definition) is 6. The predicted octanol–water partition coefficient (Wildman–Crippen LogP) is 4.62. The predicted molar refractivity (Wildman–Crippen MR) is 103 cm³/mol. The molecule has 10 heteroatoms. The Balaban J connectivity index is 1.98. The van der Waals surface area contributed by atoms with Crippen LogP contribution >= 0.6 is 34.5 Å². The molecule has 6 nitrogen and oxygen atoms in total. The molecule has 26 heavy (non-hydrogen) atoms. The number of nitrogens with zero attached hydrogens (tertiary/aromatic N) is 1. The molecule has 1 heterocycles. The number of Topliss-reactive ketones (excluding diaryl/α,β-unsaturated/α-hetero) is 1. The number of carbonyl (C=O) groups excluding carboxylic acids is 1. The summed E-state index contributed by atoms with van der Waals surface area (Å²) in [6, 6.07) is 7.70. The number of ketones is 1. The van der Waals surface area contributed by atoms with E-state index >= 15 is 0 Å². The van der Waals surface area contributed by atoms with Crippen LogP contribution in [0.3, 0.4) is 0 Å². The Labute approximate surface area is 163 Å². The van der Waals surface area contributed by atoms with Gasteiger partial charge in [0.1, 0.15) is 15.7 Å². The fourth-order valence-corrected chi connectivity index (χ4v) is 5.22. The molecule has 0 aliphatic rings. The Morgan fingerprint density at radius 2 is 1.92 bits per heavy atom. The zero-order valence-electron chi connectivity index (χ0n) is 13.5. The summed E-state index contributed by atoms with van der Waals surface area (Å²) in [6.45, 7) is 1.46. The summed E-state index contributed by atoms with van der Waals surface area (Å²) < 4.78 is 33.4. The number of rotatable bonds is 5. The van der Waals surface area contributed by atoms with Crippen molar-refractivity contribution in [1.29, 1.82) is 0 Å². The van der Waals surface area contributed by atoms with E-state index in [0.29, 0.717) is 15.8 Å². The number of sulfonamides is 1. The van der Waals surface area contributed by atoms with Crippen LogP contribution in [0.25, 0.3) is 10.2 Å². The largest absolute Gasteiger partial charge is 0.495 e. The maximum atomic E-state index is 12.6. The second-order valence-electron chi connectivity index (χ2n) is 5.26. The minimum Gasteiger partial charge on any atom is -0.495 e. The first-order valence-corrected chi connectivity index (χ1v) is 10.2. The number of nitrogens with one attached hydrogen (secondary N) is 1. The highest BCUT2D eigenvalue weighted by atomic mass is 35.5. The molecule has 0 saturated heterocycles. The molecule has 0 aliphatic carbocycles. The van der Waals surface area contributed by atoms with Gasteiger partial charge in [-0.05, 0) is 37.3 Å². The molecule has 1 aromatic heterocycles. The molecule has 3 rings (SSSR count). The minimum absolute atomic E-state index is 0.00689. The van der Waals surface area contributed by atoms with Gasteiger partial charge in [-0.3, -0.25) is 9.52 Å². The minimum atomic E-state index is -4.01. The Kier molecular flexibility index (Phi) is 5.12. The van der Waals surface area contributed by atoms with E-state index in [1.54, 1.807) is 18.2 Å². The van der Waals surface area contributed by atoms with Crippen molar-refractivity contribution in [3.8, 4) is 5.75 Å². The van der Waals surface area contributed by atoms with Crippen LogP contribution in [0.4, 0.5) is 5.13 Å². The molecule has 0 bridgehead atoms. The molecule has 3 aromatic rings. The van der Waals surface area contributed by atoms with Gasteiger partial charge in [0.2, 0.25) is 0 Å². The Morgan fingerprint density at radius 1 is 1.19 bits per heavy atom. The second-order valence-corrected chi connectivity index (χ2v) is 8.69. The van der Waals surface area contributed by atoms with E-state index in [1.165, 1.54) is 26.2 Å². The number of hydrogen-bond donors (Lipinski definition) is 1. The number of ether oxygens (including phenoxy) is 1. The van der Waals surface area contributed by atoms with Crippen LogP contribution in [0.5, 0.6) is 5.75 Å². The van der Waals surface area contributed by atoms with Crippen molar-refractivity contribution in [2.75, 3.05) is 11.8 Å². The lowest BCUT2D eigenvalue weighted by molar-refractivity contribution is 0.101. The van der Waals surface area contributed by atoms with Gasteiger partial charge in [-0.2, -0.15) is 0 Å². The van der Waals surface area contributed by atoms with E-state index in [2.05, 4.69) is 9.71 Å². The van der Waals surface area contributed by atoms with E-state index in [4.69, 9.17) is 27.9 Å². The van der Waals surface area contributed by atoms with Crippen LogP contribution in [0.1, 0.15) is 17.3 Å². The van der Waals surface area contributed by atoms with Gasteiger partial charge in [0, 0.05) is 5.56 Å². The quantitative estimate of drug-likeness (QED) is 0.596. The van der Waals surface area contributed by atoms with Crippen molar-refractivity contribution in [3.63, 3.8) is 0 Å². The third-order valence-electron chi connectivity index (χ3n) is 3.54. The summed E-state index contributed by atoms with van der Waals surface area (Å²) in [5, 5.41) is 0.0228. The molecular formula is C16H12Cl2N2O4S2. The molecule has 0 unspecified atom stereocenters. The zero-order valence-corrected chi connectivity index (χ0v) is 16.7. The first kappa shape index (κ1) is 18.9. The van der Waals surface area contributed by atoms with Crippen LogP contribution in [-0.4, -0.2) is 26.3 Å². The maximum absolute atomic E-state index is 12.6. The number of methoxy groups -OCH3 is 1. The molecule has 1 N–H and O–H groups in total. The number of anilines is 1. The Bertz CT molecular complexity index is 1130. The van der Waals surface area contributed by atoms with Crippen molar-refractivity contribution < 1.29 is 17.9 Å². The number of halogens is 2. The molecule has 0 amide bonds. The van der Waals surface area contributed by atoms with Gasteiger partial charge in [-0.1, -0.05) is 34.5 Å². The number of carbonyl (C=O) groups is 1. The van der Waals surface area contributed by atoms with Crippen LogP contribution in [-0.2, 0) is 10.0 Å². The average Bonchev–Trinajstić information content (AvgIpc) is 2.97. The third-order valence-corrected chi connectivity index (χ3v) is 6.96. The maximum Gasteiger partial charge on any atom is 0.265 e. The number of thiazole rings is 1. The summed E-state index contributed by atoms with van der Waals surface area (Å²) in [5.41, 5.74) is 1.11. The molecular weight excluding hydrogens is 419 g/mol. The van der Waals surface area contributed by atoms with Crippen molar-refractivity contribution in [1.82, 2.24) is 4.98 Å². The molecule has 2 aromatic carbocycles. The molecule has 0 spiro atoms. The van der Waals surface area contributed by atoms with Crippen molar-refractivity contribution in [2.45, 2.75) is 11.8 Å². The summed E-state index contributed by atoms with van der Waals surface area (Å²) in [5.74, 6) is 0.189. The summed E-state index contributed by atoms with van der Waals surface area (Å²) in [7, 11) is -2.60. The standard InChI is InChI=1S/C16H12Cl2N2O4S2/c1-8(21)9-3-4-10-12(7-9)25-16(19-10)20-26(22,23)13-6-5-11(24-2)14(17)15(13)18/h3-7H,1-2H3,(H,19,20). The number of aromatic nitrogens is 1. The topological polar surface area (TPSA) is 85.4 Å². The lowest BCUT2D eigenvalue weighted by Gasteiger charge is -2.10. The summed E-state index contributed by atoms with van der Waals surface area (Å²) in [4.78, 5) is 15.5. The fraction of sp³-hybridized carbons (Fsp3) is 0.125. The molecule has 0 aliphatic heterocycles. The van der Waals surface area contributed by atoms with E-state index in [9.17, 15) is 13.2 Å². The van der Waals surface area contributed by atoms with Gasteiger partial charge < -0.3 is 4.74 Å². The lowest BCUT2D eigenvalue weighted by atomic mass is 10.1. The van der Waals surface area contributed by atoms with Gasteiger partial charge >= 0.3 is 0 Å². The van der Waals surface area contributed by atoms with Gasteiger partial charge in [0.05, 0.1) is 22.3 Å². The highest BCUT2D eigenvalue weighted by Gasteiger charge is 2.23. The molecule has 0 radical (unpaired) electrons. The lowest BCUT2D eigenvalue weighted by Crippen LogP contribution is -2.13. The van der Waals surface area contributed by atoms with Crippen molar-refractivity contribution in [2.24, 2.45) is 0 Å². The van der Waals surface area contributed by atoms with Crippen LogP contribution < -0.4 is 9.46 Å². The smallest absolute Gasteiger partial charge is 0.265 e. The summed E-state index contributed by atoms with van der Waals surface area (Å²) >= 11 is 13.2. The van der Waals surface area contributed by atoms with Crippen LogP contribution in [0.15, 0.2) is 35.2 Å². The van der Waals surface area contributed by atoms with E-state index in [1.807, 2.05) is 0 Å². The molecule has 136 valence electrons. The van der Waals surface area contributed by atoms with Gasteiger partial charge in [0.25, 0.3) is 10.0 Å². The number of fused-ring (bicyclic) bond motifs is 1. The zero-order chi connectivity index (χ0) is 19.1. The third kappa shape index (κ3) is 3.50. The van der Waals surface area contributed by atoms with Crippen molar-refractivity contribution >= 4 is 65.7 Å². The van der Waals surface area contributed by atoms with E-state index in [0.717, 1.165) is 11.3 Å². The summed E-state index contributed by atoms with van der Waals surface area (Å²) in [6.07, 6.45) is 0. The van der Waals surface area contributed by atoms with Crippen molar-refractivity contribution in [3.05, 3.63) is 45.9 Å². The first-order chi connectivity index (χ1) is 12.2. The van der Waals surface area contributed by atoms with E-state index in [-0.39, 0.29) is 31.6 Å². The normalized spacial score (nSPS) is 11.5. The Hall–Kier alpha value is -1.87. The molecule has 0 atom stereocenters. The fourth-order valence-electron chi connectivity index (χ4n) is 2.24. The SMILES string of the molecule is COc1ccc(S(=O)(=O)Nc2nc3ccc(C(C)=O)cc3s2)c(Cl)c1Cl. The van der Waals surface area contributed by atoms with Crippen LogP contribution in [0, 0.1) is 0 Å². The Morgan fingerprint density at radius 3 is 2.58 bits per heavy atom. The van der Waals surface area contributed by atoms with Crippen LogP contribution in [0.2, 0.25) is 10.0 Å². The highest BCUT2D eigenvalue weighted by Crippen LogP contribution is 2.37. The van der Waals surface area contributed by atoms with Gasteiger partial charge in [0.15, 0.2) is 10.9 Å².